The first-order valence-corrected chi connectivity index (χ1v) is 10.8. The maximum absolute atomic E-state index is 13.2. The van der Waals surface area contributed by atoms with Crippen LogP contribution in [0.4, 0.5) is 0 Å². The van der Waals surface area contributed by atoms with Crippen molar-refractivity contribution in [2.24, 2.45) is 29.6 Å². The first-order chi connectivity index (χ1) is 13.5. The zero-order valence-electron chi connectivity index (χ0n) is 16.6. The van der Waals surface area contributed by atoms with Gasteiger partial charge < -0.3 is 20.0 Å². The molecule has 5 rings (SSSR count). The molecule has 0 spiro atoms. The third-order valence-corrected chi connectivity index (χ3v) is 6.97. The monoisotopic (exact) mass is 384 g/mol. The fourth-order valence-electron chi connectivity index (χ4n) is 6.06. The van der Waals surface area contributed by atoms with Crippen molar-refractivity contribution >= 4 is 11.9 Å². The highest BCUT2D eigenvalue weighted by Gasteiger charge is 2.50. The molecular weight excluding hydrogens is 354 g/mol. The summed E-state index contributed by atoms with van der Waals surface area (Å²) < 4.78 is 5.60. The molecule has 1 atom stereocenters. The number of carboxylic acids is 1. The molecule has 5 heteroatoms. The number of hydrogen-bond donors (Lipinski definition) is 1. The van der Waals surface area contributed by atoms with Crippen LogP contribution in [-0.2, 0) is 9.59 Å². The Labute approximate surface area is 166 Å². The van der Waals surface area contributed by atoms with Crippen LogP contribution in [0.3, 0.4) is 0 Å². The second kappa shape index (κ2) is 8.14. The summed E-state index contributed by atoms with van der Waals surface area (Å²) in [4.78, 5) is 24.5. The molecule has 4 aliphatic rings. The number of benzene rings is 1. The summed E-state index contributed by atoms with van der Waals surface area (Å²) in [6.45, 7) is 2.69. The van der Waals surface area contributed by atoms with Crippen LogP contribution in [0, 0.1) is 29.6 Å². The second-order valence-electron chi connectivity index (χ2n) is 9.01. The van der Waals surface area contributed by atoms with Gasteiger partial charge in [-0.2, -0.15) is 0 Å². The lowest BCUT2D eigenvalue weighted by atomic mass is 9.51. The molecule has 1 amide bonds. The van der Waals surface area contributed by atoms with Crippen molar-refractivity contribution < 1.29 is 19.4 Å². The highest BCUT2D eigenvalue weighted by Crippen LogP contribution is 2.56. The van der Waals surface area contributed by atoms with Gasteiger partial charge in [0, 0.05) is 18.3 Å². The minimum atomic E-state index is -1.15. The molecule has 28 heavy (non-hydrogen) atoms. The molecule has 4 aliphatic carbocycles. The van der Waals surface area contributed by atoms with Crippen LogP contribution in [0.1, 0.15) is 63.5 Å². The van der Waals surface area contributed by atoms with Crippen LogP contribution in [0.5, 0.6) is 5.75 Å². The lowest BCUT2D eigenvalue weighted by Crippen LogP contribution is -2.51. The highest BCUT2D eigenvalue weighted by molar-refractivity contribution is 5.81. The van der Waals surface area contributed by atoms with Crippen molar-refractivity contribution in [3.8, 4) is 5.75 Å². The Balaban J connectivity index is 1.46. The molecule has 4 bridgehead atoms. The minimum absolute atomic E-state index is 0.0337. The minimum Gasteiger partial charge on any atom is -0.550 e. The van der Waals surface area contributed by atoms with E-state index in [1.165, 1.54) is 32.1 Å². The lowest BCUT2D eigenvalue weighted by molar-refractivity contribution is -0.306. The molecule has 0 unspecified atom stereocenters. The molecule has 4 fully saturated rings. The van der Waals surface area contributed by atoms with E-state index in [1.807, 2.05) is 31.2 Å². The molecule has 0 heterocycles. The van der Waals surface area contributed by atoms with Crippen molar-refractivity contribution in [2.75, 3.05) is 6.61 Å². The zero-order chi connectivity index (χ0) is 19.7. The fraction of sp³-hybridized carbons (Fsp3) is 0.652. The predicted molar refractivity (Wildman–Crippen MR) is 103 cm³/mol. The number of rotatable bonds is 8. The summed E-state index contributed by atoms with van der Waals surface area (Å²) in [5.74, 6) is 2.25. The molecule has 0 radical (unpaired) electrons. The number of carboxylic acid groups (broad SMARTS) is 1. The molecule has 1 N–H and O–H groups in total. The van der Waals surface area contributed by atoms with Gasteiger partial charge in [0.15, 0.2) is 0 Å². The van der Waals surface area contributed by atoms with Crippen molar-refractivity contribution in [2.45, 2.75) is 57.9 Å². The van der Waals surface area contributed by atoms with E-state index in [4.69, 9.17) is 4.74 Å². The number of amides is 1. The number of ether oxygens (including phenoxy) is 1. The third kappa shape index (κ3) is 4.03. The Morgan fingerprint density at radius 2 is 1.68 bits per heavy atom. The van der Waals surface area contributed by atoms with Crippen molar-refractivity contribution in [3.05, 3.63) is 29.8 Å². The van der Waals surface area contributed by atoms with Crippen molar-refractivity contribution in [3.63, 3.8) is 0 Å². The smallest absolute Gasteiger partial charge is 0.224 e. The molecule has 0 saturated heterocycles. The van der Waals surface area contributed by atoms with E-state index in [9.17, 15) is 14.7 Å². The SMILES string of the molecule is CCCOc1ccc([C@@H](CC(=O)[O-])NC(=O)C2C3CC4CC(C3)CC2C4)cc1. The number of aliphatic carboxylic acids is 1. The van der Waals surface area contributed by atoms with Crippen molar-refractivity contribution in [1.29, 1.82) is 0 Å². The van der Waals surface area contributed by atoms with E-state index in [0.29, 0.717) is 18.4 Å². The maximum Gasteiger partial charge on any atom is 0.224 e. The summed E-state index contributed by atoms with van der Waals surface area (Å²) in [5.41, 5.74) is 0.783. The molecule has 152 valence electrons. The van der Waals surface area contributed by atoms with Crippen LogP contribution < -0.4 is 15.2 Å². The van der Waals surface area contributed by atoms with E-state index in [1.54, 1.807) is 0 Å². The number of nitrogens with one attached hydrogen (secondary N) is 1. The fourth-order valence-corrected chi connectivity index (χ4v) is 6.06. The summed E-state index contributed by atoms with van der Waals surface area (Å²) in [7, 11) is 0. The van der Waals surface area contributed by atoms with Crippen LogP contribution in [-0.4, -0.2) is 18.5 Å². The molecule has 4 saturated carbocycles. The summed E-state index contributed by atoms with van der Waals surface area (Å²) >= 11 is 0. The van der Waals surface area contributed by atoms with E-state index >= 15 is 0 Å². The molecule has 1 aromatic carbocycles. The van der Waals surface area contributed by atoms with Crippen LogP contribution >= 0.6 is 0 Å². The van der Waals surface area contributed by atoms with Gasteiger partial charge in [-0.3, -0.25) is 4.79 Å². The largest absolute Gasteiger partial charge is 0.550 e. The zero-order valence-corrected chi connectivity index (χ0v) is 16.6. The van der Waals surface area contributed by atoms with Gasteiger partial charge >= 0.3 is 0 Å². The maximum atomic E-state index is 13.2. The van der Waals surface area contributed by atoms with Gasteiger partial charge in [0.05, 0.1) is 12.6 Å². The first-order valence-electron chi connectivity index (χ1n) is 10.8. The van der Waals surface area contributed by atoms with Gasteiger partial charge in [0.25, 0.3) is 0 Å². The van der Waals surface area contributed by atoms with E-state index < -0.39 is 12.0 Å². The lowest BCUT2D eigenvalue weighted by Gasteiger charge is -2.53. The average molecular weight is 384 g/mol. The number of carbonyl (C=O) groups is 2. The first kappa shape index (κ1) is 19.3. The Bertz CT molecular complexity index is 686. The van der Waals surface area contributed by atoms with Gasteiger partial charge in [0.1, 0.15) is 5.75 Å². The van der Waals surface area contributed by atoms with E-state index in [0.717, 1.165) is 29.6 Å². The summed E-state index contributed by atoms with van der Waals surface area (Å²) in [6, 6.07) is 6.80. The van der Waals surface area contributed by atoms with E-state index in [2.05, 4.69) is 5.32 Å². The van der Waals surface area contributed by atoms with E-state index in [-0.39, 0.29) is 18.2 Å². The molecular formula is C23H30NO4-. The van der Waals surface area contributed by atoms with Gasteiger partial charge in [-0.05, 0) is 79.9 Å². The number of hydrogen-bond acceptors (Lipinski definition) is 4. The van der Waals surface area contributed by atoms with Gasteiger partial charge in [-0.15, -0.1) is 0 Å². The average Bonchev–Trinajstić information content (AvgIpc) is 2.65. The topological polar surface area (TPSA) is 78.5 Å². The summed E-state index contributed by atoms with van der Waals surface area (Å²) in [6.07, 6.45) is 6.73. The van der Waals surface area contributed by atoms with Gasteiger partial charge in [0.2, 0.25) is 5.91 Å². The van der Waals surface area contributed by atoms with Crippen molar-refractivity contribution in [1.82, 2.24) is 5.32 Å². The Morgan fingerprint density at radius 1 is 1.07 bits per heavy atom. The summed E-state index contributed by atoms with van der Waals surface area (Å²) in [5, 5.41) is 14.4. The molecule has 0 aromatic heterocycles. The third-order valence-electron chi connectivity index (χ3n) is 6.97. The molecule has 1 aromatic rings. The Kier molecular flexibility index (Phi) is 5.61. The second-order valence-corrected chi connectivity index (χ2v) is 9.01. The van der Waals surface area contributed by atoms with Gasteiger partial charge in [-0.1, -0.05) is 19.1 Å². The number of carbonyl (C=O) groups excluding carboxylic acids is 2. The Morgan fingerprint density at radius 3 is 2.21 bits per heavy atom. The standard InChI is InChI=1S/C23H31NO4/c1-2-7-28-19-5-3-16(4-6-19)20(13-21(25)26)24-23(27)22-17-9-14-8-15(11-17)12-18(22)10-14/h3-6,14-15,17-18,20,22H,2,7-13H2,1H3,(H,24,27)(H,25,26)/p-1/t14?,15?,17?,18?,20-,22?/m1/s1. The van der Waals surface area contributed by atoms with Crippen LogP contribution in [0.15, 0.2) is 24.3 Å². The van der Waals surface area contributed by atoms with Gasteiger partial charge in [-0.25, -0.2) is 0 Å². The van der Waals surface area contributed by atoms with Crippen LogP contribution in [0.2, 0.25) is 0 Å². The Hall–Kier alpha value is -2.04. The molecule has 5 nitrogen and oxygen atoms in total. The predicted octanol–water partition coefficient (Wildman–Crippen LogP) is 2.85. The quantitative estimate of drug-likeness (QED) is 0.748. The highest BCUT2D eigenvalue weighted by atomic mass is 16.5. The molecule has 0 aliphatic heterocycles. The normalized spacial score (nSPS) is 31.4. The van der Waals surface area contributed by atoms with Crippen LogP contribution in [0.25, 0.3) is 0 Å².